The maximum atomic E-state index is 12.1. The first-order valence-corrected chi connectivity index (χ1v) is 8.37. The van der Waals surface area contributed by atoms with E-state index in [0.717, 1.165) is 11.1 Å². The smallest absolute Gasteiger partial charge is 0.338 e. The zero-order valence-electron chi connectivity index (χ0n) is 14.9. The van der Waals surface area contributed by atoms with Crippen LogP contribution in [0, 0.1) is 13.8 Å². The molecule has 0 fully saturated rings. The minimum absolute atomic E-state index is 0.249. The topological polar surface area (TPSA) is 72.5 Å². The molecule has 5 heteroatoms. The second-order valence-electron chi connectivity index (χ2n) is 6.13. The molecule has 0 heterocycles. The predicted molar refractivity (Wildman–Crippen MR) is 102 cm³/mol. The summed E-state index contributed by atoms with van der Waals surface area (Å²) in [5.41, 5.74) is 3.36. The molecule has 0 bridgehead atoms. The zero-order valence-corrected chi connectivity index (χ0v) is 14.9. The SMILES string of the molecule is CCOC(=O)c1cccc(Nc2c(-c3ccc(C)c(C)c3)c(=O)c2=O)c1. The van der Waals surface area contributed by atoms with Crippen LogP contribution in [0.3, 0.4) is 0 Å². The molecule has 132 valence electrons. The quantitative estimate of drug-likeness (QED) is 0.564. The molecule has 0 spiro atoms. The normalized spacial score (nSPS) is 10.7. The first-order valence-electron chi connectivity index (χ1n) is 8.37. The molecule has 0 aliphatic carbocycles. The van der Waals surface area contributed by atoms with E-state index in [2.05, 4.69) is 5.32 Å². The van der Waals surface area contributed by atoms with E-state index in [1.807, 2.05) is 32.0 Å². The highest BCUT2D eigenvalue weighted by atomic mass is 16.5. The summed E-state index contributed by atoms with van der Waals surface area (Å²) < 4.78 is 4.98. The molecule has 3 rings (SSSR count). The minimum Gasteiger partial charge on any atom is -0.462 e. The van der Waals surface area contributed by atoms with E-state index in [9.17, 15) is 14.4 Å². The summed E-state index contributed by atoms with van der Waals surface area (Å²) in [7, 11) is 0. The maximum absolute atomic E-state index is 12.1. The summed E-state index contributed by atoms with van der Waals surface area (Å²) in [5, 5.41) is 2.98. The van der Waals surface area contributed by atoms with Gasteiger partial charge in [0, 0.05) is 5.69 Å². The summed E-state index contributed by atoms with van der Waals surface area (Å²) in [6.45, 7) is 5.96. The molecule has 26 heavy (non-hydrogen) atoms. The van der Waals surface area contributed by atoms with E-state index in [1.165, 1.54) is 0 Å². The number of benzene rings is 2. The molecule has 5 nitrogen and oxygen atoms in total. The van der Waals surface area contributed by atoms with Crippen LogP contribution >= 0.6 is 0 Å². The van der Waals surface area contributed by atoms with E-state index < -0.39 is 16.8 Å². The summed E-state index contributed by atoms with van der Waals surface area (Å²) in [4.78, 5) is 36.0. The Morgan fingerprint density at radius 3 is 2.46 bits per heavy atom. The number of esters is 1. The van der Waals surface area contributed by atoms with Gasteiger partial charge < -0.3 is 10.1 Å². The van der Waals surface area contributed by atoms with Crippen molar-refractivity contribution in [2.75, 3.05) is 11.9 Å². The van der Waals surface area contributed by atoms with Gasteiger partial charge in [-0.1, -0.05) is 24.3 Å². The van der Waals surface area contributed by atoms with Gasteiger partial charge in [-0.2, -0.15) is 0 Å². The lowest BCUT2D eigenvalue weighted by molar-refractivity contribution is 0.0526. The van der Waals surface area contributed by atoms with Crippen LogP contribution in [0.2, 0.25) is 0 Å². The molecule has 1 N–H and O–H groups in total. The summed E-state index contributed by atoms with van der Waals surface area (Å²) >= 11 is 0. The van der Waals surface area contributed by atoms with E-state index >= 15 is 0 Å². The molecular weight excluding hydrogens is 330 g/mol. The number of aryl methyl sites for hydroxylation is 2. The van der Waals surface area contributed by atoms with Crippen molar-refractivity contribution in [2.24, 2.45) is 0 Å². The van der Waals surface area contributed by atoms with Crippen LogP contribution in [-0.2, 0) is 4.74 Å². The van der Waals surface area contributed by atoms with Gasteiger partial charge in [0.1, 0.15) is 5.69 Å². The van der Waals surface area contributed by atoms with Gasteiger partial charge in [0.15, 0.2) is 0 Å². The number of anilines is 2. The lowest BCUT2D eigenvalue weighted by atomic mass is 9.95. The molecule has 3 aromatic carbocycles. The molecule has 0 saturated heterocycles. The van der Waals surface area contributed by atoms with Gasteiger partial charge in [-0.15, -0.1) is 0 Å². The molecule has 0 aliphatic rings. The highest BCUT2D eigenvalue weighted by Gasteiger charge is 2.23. The number of hydrogen-bond acceptors (Lipinski definition) is 5. The van der Waals surface area contributed by atoms with E-state index in [4.69, 9.17) is 4.74 Å². The standard InChI is InChI=1S/C21H19NO4/c1-4-26-21(25)15-6-5-7-16(11-15)22-18-17(19(23)20(18)24)14-9-8-12(2)13(3)10-14/h5-11,22H,4H2,1-3H3. The van der Waals surface area contributed by atoms with Crippen LogP contribution in [0.5, 0.6) is 0 Å². The first-order chi connectivity index (χ1) is 12.4. The average Bonchev–Trinajstić information content (AvgIpc) is 2.64. The van der Waals surface area contributed by atoms with Crippen molar-refractivity contribution in [1.82, 2.24) is 0 Å². The number of carbonyl (C=O) groups excluding carboxylic acids is 1. The number of nitrogens with one attached hydrogen (secondary N) is 1. The Labute approximate surface area is 150 Å². The molecule has 0 radical (unpaired) electrons. The first kappa shape index (κ1) is 17.6. The molecule has 0 atom stereocenters. The Kier molecular flexibility index (Phi) is 4.71. The molecule has 0 aromatic heterocycles. The van der Waals surface area contributed by atoms with Crippen molar-refractivity contribution in [2.45, 2.75) is 20.8 Å². The molecule has 0 unspecified atom stereocenters. The van der Waals surface area contributed by atoms with E-state index in [-0.39, 0.29) is 12.3 Å². The lowest BCUT2D eigenvalue weighted by Gasteiger charge is -2.15. The monoisotopic (exact) mass is 349 g/mol. The second-order valence-corrected chi connectivity index (χ2v) is 6.13. The molecule has 0 saturated carbocycles. The van der Waals surface area contributed by atoms with Gasteiger partial charge in [0.05, 0.1) is 17.7 Å². The minimum atomic E-state index is -0.556. The molecule has 0 aliphatic heterocycles. The number of hydrogen-bond donors (Lipinski definition) is 1. The number of carbonyl (C=O) groups is 1. The third kappa shape index (κ3) is 3.16. The zero-order chi connectivity index (χ0) is 18.8. The maximum Gasteiger partial charge on any atom is 0.338 e. The highest BCUT2D eigenvalue weighted by Crippen LogP contribution is 2.28. The Balaban J connectivity index is 1.95. The van der Waals surface area contributed by atoms with Crippen LogP contribution in [0.25, 0.3) is 11.1 Å². The lowest BCUT2D eigenvalue weighted by Crippen LogP contribution is -2.35. The third-order valence-corrected chi connectivity index (χ3v) is 4.35. The molecule has 3 aromatic rings. The van der Waals surface area contributed by atoms with Crippen molar-refractivity contribution >= 4 is 17.3 Å². The van der Waals surface area contributed by atoms with E-state index in [0.29, 0.717) is 22.4 Å². The second kappa shape index (κ2) is 6.96. The predicted octanol–water partition coefficient (Wildman–Crippen LogP) is 3.49. The van der Waals surface area contributed by atoms with Crippen molar-refractivity contribution < 1.29 is 9.53 Å². The van der Waals surface area contributed by atoms with Gasteiger partial charge in [-0.3, -0.25) is 9.59 Å². The Bertz CT molecular complexity index is 1060. The Hall–Kier alpha value is -3.21. The Morgan fingerprint density at radius 2 is 1.77 bits per heavy atom. The van der Waals surface area contributed by atoms with Crippen LogP contribution < -0.4 is 16.2 Å². The van der Waals surface area contributed by atoms with Crippen LogP contribution in [-0.4, -0.2) is 12.6 Å². The summed E-state index contributed by atoms with van der Waals surface area (Å²) in [6.07, 6.45) is 0. The van der Waals surface area contributed by atoms with Crippen LogP contribution in [0.15, 0.2) is 52.1 Å². The average molecular weight is 349 g/mol. The third-order valence-electron chi connectivity index (χ3n) is 4.35. The van der Waals surface area contributed by atoms with Gasteiger partial charge in [0.25, 0.3) is 5.43 Å². The van der Waals surface area contributed by atoms with Gasteiger partial charge in [-0.25, -0.2) is 4.79 Å². The van der Waals surface area contributed by atoms with Crippen molar-refractivity contribution in [3.05, 3.63) is 79.6 Å². The highest BCUT2D eigenvalue weighted by molar-refractivity contribution is 5.91. The molecular formula is C21H19NO4. The Morgan fingerprint density at radius 1 is 1.00 bits per heavy atom. The number of rotatable bonds is 5. The largest absolute Gasteiger partial charge is 0.462 e. The van der Waals surface area contributed by atoms with Crippen LogP contribution in [0.1, 0.15) is 28.4 Å². The van der Waals surface area contributed by atoms with Crippen molar-refractivity contribution in [3.63, 3.8) is 0 Å². The fourth-order valence-corrected chi connectivity index (χ4v) is 2.77. The summed E-state index contributed by atoms with van der Waals surface area (Å²) in [5.74, 6) is -0.435. The molecule has 0 amide bonds. The van der Waals surface area contributed by atoms with Gasteiger partial charge >= 0.3 is 5.97 Å². The van der Waals surface area contributed by atoms with Crippen molar-refractivity contribution in [1.29, 1.82) is 0 Å². The van der Waals surface area contributed by atoms with Crippen molar-refractivity contribution in [3.8, 4) is 11.1 Å². The number of ether oxygens (including phenoxy) is 1. The van der Waals surface area contributed by atoms with Gasteiger partial charge in [0.2, 0.25) is 5.43 Å². The fraction of sp³-hybridized carbons (Fsp3) is 0.190. The fourth-order valence-electron chi connectivity index (χ4n) is 2.77. The summed E-state index contributed by atoms with van der Waals surface area (Å²) in [6, 6.07) is 12.3. The van der Waals surface area contributed by atoms with Crippen LogP contribution in [0.4, 0.5) is 11.4 Å². The van der Waals surface area contributed by atoms with Gasteiger partial charge in [-0.05, 0) is 55.7 Å². The van der Waals surface area contributed by atoms with E-state index in [1.54, 1.807) is 31.2 Å².